The summed E-state index contributed by atoms with van der Waals surface area (Å²) in [4.78, 5) is 0. The summed E-state index contributed by atoms with van der Waals surface area (Å²) >= 11 is 0.244. The van der Waals surface area contributed by atoms with E-state index in [4.69, 9.17) is 0 Å². The second-order valence-electron chi connectivity index (χ2n) is 14.9. The van der Waals surface area contributed by atoms with Crippen molar-refractivity contribution in [2.24, 2.45) is 0 Å². The normalized spacial score (nSPS) is 14.0. The van der Waals surface area contributed by atoms with E-state index in [9.17, 15) is 0 Å². The van der Waals surface area contributed by atoms with Gasteiger partial charge < -0.3 is 0 Å². The summed E-state index contributed by atoms with van der Waals surface area (Å²) in [5, 5.41) is 13.7. The first-order chi connectivity index (χ1) is 26.3. The van der Waals surface area contributed by atoms with Crippen LogP contribution in [0.25, 0.3) is 95.8 Å². The molecule has 0 radical (unpaired) electrons. The van der Waals surface area contributed by atoms with E-state index in [1.165, 1.54) is 128 Å². The third-order valence-corrected chi connectivity index (χ3v) is 14.4. The van der Waals surface area contributed by atoms with Crippen LogP contribution in [0.15, 0.2) is 164 Å². The molecule has 53 heavy (non-hydrogen) atoms. The summed E-state index contributed by atoms with van der Waals surface area (Å²) in [6.07, 6.45) is 6.63. The molecule has 1 aliphatic rings. The molecule has 0 unspecified atom stereocenters. The van der Waals surface area contributed by atoms with Crippen LogP contribution in [0.2, 0.25) is 0 Å². The van der Waals surface area contributed by atoms with Crippen LogP contribution in [0.4, 0.5) is 0 Å². The van der Waals surface area contributed by atoms with Crippen LogP contribution < -0.4 is 0 Å². The molecule has 11 rings (SSSR count). The van der Waals surface area contributed by atoms with Gasteiger partial charge in [-0.25, -0.2) is 0 Å². The first-order valence-electron chi connectivity index (χ1n) is 19.2. The van der Waals surface area contributed by atoms with Crippen molar-refractivity contribution in [3.8, 4) is 33.4 Å². The molecule has 9 aromatic carbocycles. The van der Waals surface area contributed by atoms with Crippen molar-refractivity contribution in [1.29, 1.82) is 0 Å². The summed E-state index contributed by atoms with van der Waals surface area (Å²) in [7, 11) is 0. The van der Waals surface area contributed by atoms with E-state index in [0.717, 1.165) is 0 Å². The Kier molecular flexibility index (Phi) is 7.39. The molecule has 1 fully saturated rings. The molecule has 0 N–H and O–H groups in total. The molecule has 1 aromatic heterocycles. The first-order valence-corrected chi connectivity index (χ1v) is 20.9. The van der Waals surface area contributed by atoms with Crippen molar-refractivity contribution in [2.75, 3.05) is 0 Å². The fourth-order valence-corrected chi connectivity index (χ4v) is 12.2. The summed E-state index contributed by atoms with van der Waals surface area (Å²) in [6.45, 7) is 0. The number of hydrogen-bond donors (Lipinski definition) is 0. The summed E-state index contributed by atoms with van der Waals surface area (Å²) in [6, 6.07) is 62.0. The summed E-state index contributed by atoms with van der Waals surface area (Å²) in [5.41, 5.74) is 9.53. The SMILES string of the molecule is c1ccc(-c2c3ccccc3c(-c3ccc4[se]c5cccc(-c6c7ccccc7c(C7CCCCC7)c7ccccc67)c5c4c3)c3ccccc23)cc1. The van der Waals surface area contributed by atoms with Crippen LogP contribution in [-0.4, -0.2) is 14.5 Å². The Bertz CT molecular complexity index is 2920. The van der Waals surface area contributed by atoms with Crippen LogP contribution in [0, 0.1) is 0 Å². The van der Waals surface area contributed by atoms with E-state index in [1.54, 1.807) is 5.56 Å². The van der Waals surface area contributed by atoms with E-state index in [-0.39, 0.29) is 14.5 Å². The molecule has 252 valence electrons. The number of hydrogen-bond acceptors (Lipinski definition) is 0. The second-order valence-corrected chi connectivity index (χ2v) is 17.2. The summed E-state index contributed by atoms with van der Waals surface area (Å²) in [5.74, 6) is 0.624. The van der Waals surface area contributed by atoms with Crippen LogP contribution in [0.1, 0.15) is 43.6 Å². The van der Waals surface area contributed by atoms with Crippen molar-refractivity contribution in [3.05, 3.63) is 169 Å². The standard InChI is InChI=1S/C52H38Se/c1-3-16-33(17-4-1)48-36-20-7-9-22-38(36)50(39-23-10-8-21-37(39)48)35-30-31-46-45(32-35)52-44(28-15-29-47(52)53-46)51-42-26-13-11-24-40(42)49(34-18-5-2-6-19-34)41-25-12-14-27-43(41)51/h1,3-4,7-17,20-32,34H,2,5-6,18-19H2. The van der Waals surface area contributed by atoms with Crippen LogP contribution in [-0.2, 0) is 0 Å². The molecule has 0 atom stereocenters. The van der Waals surface area contributed by atoms with E-state index < -0.39 is 0 Å². The molecule has 0 nitrogen and oxygen atoms in total. The maximum absolute atomic E-state index is 2.53. The number of benzene rings is 9. The monoisotopic (exact) mass is 742 g/mol. The van der Waals surface area contributed by atoms with Gasteiger partial charge in [-0.1, -0.05) is 0 Å². The van der Waals surface area contributed by atoms with E-state index in [0.29, 0.717) is 5.92 Å². The van der Waals surface area contributed by atoms with Crippen molar-refractivity contribution >= 4 is 76.9 Å². The number of fused-ring (bicyclic) bond motifs is 7. The van der Waals surface area contributed by atoms with Gasteiger partial charge in [0, 0.05) is 0 Å². The van der Waals surface area contributed by atoms with E-state index in [1.807, 2.05) is 0 Å². The average Bonchev–Trinajstić information content (AvgIpc) is 3.61. The van der Waals surface area contributed by atoms with Crippen molar-refractivity contribution in [3.63, 3.8) is 0 Å². The van der Waals surface area contributed by atoms with Gasteiger partial charge in [0.25, 0.3) is 0 Å². The van der Waals surface area contributed by atoms with Crippen molar-refractivity contribution < 1.29 is 0 Å². The van der Waals surface area contributed by atoms with Gasteiger partial charge in [0.2, 0.25) is 0 Å². The third-order valence-electron chi connectivity index (χ3n) is 12.0. The minimum atomic E-state index is 0.244. The van der Waals surface area contributed by atoms with Gasteiger partial charge in [-0.05, 0) is 0 Å². The predicted molar refractivity (Wildman–Crippen MR) is 231 cm³/mol. The van der Waals surface area contributed by atoms with Crippen molar-refractivity contribution in [1.82, 2.24) is 0 Å². The first kappa shape index (κ1) is 31.1. The van der Waals surface area contributed by atoms with Gasteiger partial charge >= 0.3 is 318 Å². The Morgan fingerprint density at radius 2 is 0.868 bits per heavy atom. The molecule has 1 aliphatic carbocycles. The zero-order chi connectivity index (χ0) is 34.9. The van der Waals surface area contributed by atoms with E-state index >= 15 is 0 Å². The maximum atomic E-state index is 2.53. The summed E-state index contributed by atoms with van der Waals surface area (Å²) < 4.78 is 2.96. The molecule has 0 amide bonds. The van der Waals surface area contributed by atoms with E-state index in [2.05, 4.69) is 164 Å². The Morgan fingerprint density at radius 1 is 0.358 bits per heavy atom. The van der Waals surface area contributed by atoms with Gasteiger partial charge in [0.1, 0.15) is 0 Å². The molecule has 0 aliphatic heterocycles. The average molecular weight is 742 g/mol. The molecular formula is C52H38Se. The minimum absolute atomic E-state index is 0.244. The zero-order valence-corrected chi connectivity index (χ0v) is 31.3. The Hall–Kier alpha value is -5.46. The fraction of sp³-hybridized carbons (Fsp3) is 0.115. The fourth-order valence-electron chi connectivity index (χ4n) is 9.83. The zero-order valence-electron chi connectivity index (χ0n) is 29.6. The van der Waals surface area contributed by atoms with Gasteiger partial charge in [-0.15, -0.1) is 0 Å². The number of rotatable bonds is 4. The molecule has 10 aromatic rings. The third kappa shape index (κ3) is 4.88. The van der Waals surface area contributed by atoms with Gasteiger partial charge in [0.15, 0.2) is 0 Å². The van der Waals surface area contributed by atoms with Gasteiger partial charge in [-0.2, -0.15) is 0 Å². The predicted octanol–water partition coefficient (Wildman–Crippen LogP) is 14.7. The molecule has 0 saturated heterocycles. The Labute approximate surface area is 316 Å². The Morgan fingerprint density at radius 3 is 1.45 bits per heavy atom. The molecule has 1 saturated carbocycles. The quantitative estimate of drug-likeness (QED) is 0.124. The molecule has 1 heterocycles. The molecule has 0 bridgehead atoms. The van der Waals surface area contributed by atoms with Crippen molar-refractivity contribution in [2.45, 2.75) is 38.0 Å². The molecular weight excluding hydrogens is 704 g/mol. The van der Waals surface area contributed by atoms with Crippen LogP contribution >= 0.6 is 0 Å². The second kappa shape index (κ2) is 12.6. The van der Waals surface area contributed by atoms with Gasteiger partial charge in [0.05, 0.1) is 0 Å². The van der Waals surface area contributed by atoms with Crippen LogP contribution in [0.3, 0.4) is 0 Å². The topological polar surface area (TPSA) is 0 Å². The van der Waals surface area contributed by atoms with Gasteiger partial charge in [-0.3, -0.25) is 0 Å². The molecule has 1 heteroatoms. The molecule has 0 spiro atoms. The van der Waals surface area contributed by atoms with Crippen LogP contribution in [0.5, 0.6) is 0 Å². The Balaban J connectivity index is 1.21.